The summed E-state index contributed by atoms with van der Waals surface area (Å²) in [7, 11) is 0. The van der Waals surface area contributed by atoms with Gasteiger partial charge in [0.15, 0.2) is 11.6 Å². The summed E-state index contributed by atoms with van der Waals surface area (Å²) in [6, 6.07) is 14.5. The number of benzene rings is 2. The molecule has 3 atom stereocenters. The molecule has 3 aliphatic rings. The van der Waals surface area contributed by atoms with Crippen LogP contribution in [0.1, 0.15) is 37.0 Å². The van der Waals surface area contributed by atoms with Gasteiger partial charge in [-0.25, -0.2) is 4.79 Å². The van der Waals surface area contributed by atoms with E-state index in [2.05, 4.69) is 27.4 Å². The van der Waals surface area contributed by atoms with Crippen LogP contribution in [0.3, 0.4) is 0 Å². The molecule has 0 radical (unpaired) electrons. The summed E-state index contributed by atoms with van der Waals surface area (Å²) >= 11 is 0. The van der Waals surface area contributed by atoms with Crippen LogP contribution >= 0.6 is 0 Å². The molecular weight excluding hydrogens is 510 g/mol. The van der Waals surface area contributed by atoms with E-state index in [9.17, 15) is 9.59 Å². The molecule has 0 saturated carbocycles. The van der Waals surface area contributed by atoms with Crippen LogP contribution in [0.15, 0.2) is 48.5 Å². The highest BCUT2D eigenvalue weighted by atomic mass is 16.5. The van der Waals surface area contributed by atoms with Gasteiger partial charge in [-0.3, -0.25) is 4.79 Å². The highest BCUT2D eigenvalue weighted by Gasteiger charge is 2.39. The number of Topliss-reactive ketones (excluding diaryl/α,β-unsaturated/α-hetero) is 1. The number of rotatable bonds is 6. The first-order valence-corrected chi connectivity index (χ1v) is 13.7. The van der Waals surface area contributed by atoms with E-state index in [0.717, 1.165) is 24.9 Å². The second-order valence-electron chi connectivity index (χ2n) is 10.5. The lowest BCUT2D eigenvalue weighted by Crippen LogP contribution is -2.48. The van der Waals surface area contributed by atoms with E-state index < -0.39 is 0 Å². The van der Waals surface area contributed by atoms with Crippen LogP contribution in [0.2, 0.25) is 0 Å². The molecule has 3 aliphatic heterocycles. The van der Waals surface area contributed by atoms with Crippen LogP contribution in [-0.2, 0) is 9.47 Å². The number of amides is 2. The van der Waals surface area contributed by atoms with Crippen LogP contribution in [0.4, 0.5) is 28.1 Å². The van der Waals surface area contributed by atoms with Crippen molar-refractivity contribution in [2.24, 2.45) is 0 Å². The van der Waals surface area contributed by atoms with Crippen molar-refractivity contribution in [3.63, 3.8) is 0 Å². The highest BCUT2D eigenvalue weighted by Crippen LogP contribution is 2.34. The van der Waals surface area contributed by atoms with E-state index in [1.807, 2.05) is 24.3 Å². The number of ether oxygens (including phenoxy) is 2. The lowest BCUT2D eigenvalue weighted by Gasteiger charge is -2.36. The highest BCUT2D eigenvalue weighted by molar-refractivity contribution is 6.00. The van der Waals surface area contributed by atoms with E-state index in [-0.39, 0.29) is 29.9 Å². The molecule has 2 unspecified atom stereocenters. The van der Waals surface area contributed by atoms with Crippen molar-refractivity contribution >= 4 is 35.1 Å². The standard InChI is InChI=1S/C29H33N7O4/c1-18-15-39-14-13-35(18)27-32-26(33-28(34-27)36-24-11-12-25(36)17-40-16-24)21-5-9-23(10-6-21)31-29(38)30-22-7-3-20(4-8-22)19(2)37/h3-10,18,24-25H,11-17H2,1-2H3,(H2,30,31,38)/t18-,24?,25?/m1/s1. The first kappa shape index (κ1) is 26.1. The maximum atomic E-state index is 12.5. The van der Waals surface area contributed by atoms with Crippen LogP contribution in [-0.4, -0.2) is 77.9 Å². The largest absolute Gasteiger partial charge is 0.377 e. The number of fused-ring (bicyclic) bond motifs is 2. The molecule has 3 saturated heterocycles. The van der Waals surface area contributed by atoms with Crippen molar-refractivity contribution < 1.29 is 19.1 Å². The zero-order valence-corrected chi connectivity index (χ0v) is 22.7. The van der Waals surface area contributed by atoms with Gasteiger partial charge in [-0.15, -0.1) is 0 Å². The lowest BCUT2D eigenvalue weighted by molar-refractivity contribution is 0.0895. The van der Waals surface area contributed by atoms with Gasteiger partial charge < -0.3 is 29.9 Å². The van der Waals surface area contributed by atoms with Gasteiger partial charge in [0.05, 0.1) is 44.6 Å². The third kappa shape index (κ3) is 5.47. The van der Waals surface area contributed by atoms with Gasteiger partial charge in [-0.05, 0) is 75.2 Å². The van der Waals surface area contributed by atoms with Crippen LogP contribution in [0.5, 0.6) is 0 Å². The third-order valence-electron chi connectivity index (χ3n) is 7.66. The van der Waals surface area contributed by atoms with Gasteiger partial charge in [-0.2, -0.15) is 15.0 Å². The number of carbonyl (C=O) groups excluding carboxylic acids is 2. The second-order valence-corrected chi connectivity index (χ2v) is 10.5. The molecule has 40 heavy (non-hydrogen) atoms. The number of urea groups is 1. The summed E-state index contributed by atoms with van der Waals surface area (Å²) in [6.45, 7) is 6.97. The number of hydrogen-bond acceptors (Lipinski definition) is 9. The fourth-order valence-corrected chi connectivity index (χ4v) is 5.49. The first-order valence-electron chi connectivity index (χ1n) is 13.7. The molecule has 11 nitrogen and oxygen atoms in total. The third-order valence-corrected chi connectivity index (χ3v) is 7.66. The lowest BCUT2D eigenvalue weighted by atomic mass is 10.1. The Morgan fingerprint density at radius 2 is 1.45 bits per heavy atom. The fraction of sp³-hybridized carbons (Fsp3) is 0.414. The zero-order chi connectivity index (χ0) is 27.6. The predicted octanol–water partition coefficient (Wildman–Crippen LogP) is 3.98. The number of hydrogen-bond donors (Lipinski definition) is 2. The Morgan fingerprint density at radius 3 is 2.08 bits per heavy atom. The number of nitrogens with one attached hydrogen (secondary N) is 2. The van der Waals surface area contributed by atoms with Gasteiger partial charge in [0.1, 0.15) is 0 Å². The summed E-state index contributed by atoms with van der Waals surface area (Å²) in [6.07, 6.45) is 2.14. The average Bonchev–Trinajstić information content (AvgIpc) is 3.21. The van der Waals surface area contributed by atoms with E-state index in [1.165, 1.54) is 6.92 Å². The molecule has 1 aromatic heterocycles. The van der Waals surface area contributed by atoms with E-state index in [4.69, 9.17) is 24.4 Å². The SMILES string of the molecule is CC(=O)c1ccc(NC(=O)Nc2ccc(-c3nc(N4C5CCC4COC5)nc(N4CCOC[C@H]4C)n3)cc2)cc1. The van der Waals surface area contributed by atoms with Crippen LogP contribution in [0, 0.1) is 0 Å². The molecule has 2 amide bonds. The van der Waals surface area contributed by atoms with E-state index in [1.54, 1.807) is 24.3 Å². The quantitative estimate of drug-likeness (QED) is 0.445. The summed E-state index contributed by atoms with van der Waals surface area (Å²) in [5.41, 5.74) is 2.65. The van der Waals surface area contributed by atoms with Gasteiger partial charge >= 0.3 is 6.03 Å². The molecule has 3 aromatic rings. The Labute approximate surface area is 232 Å². The van der Waals surface area contributed by atoms with Gasteiger partial charge in [0.2, 0.25) is 11.9 Å². The summed E-state index contributed by atoms with van der Waals surface area (Å²) < 4.78 is 11.4. The Balaban J connectivity index is 1.22. The van der Waals surface area contributed by atoms with Gasteiger partial charge in [0.25, 0.3) is 0 Å². The number of ketones is 1. The molecule has 208 valence electrons. The van der Waals surface area contributed by atoms with E-state index in [0.29, 0.717) is 61.1 Å². The smallest absolute Gasteiger partial charge is 0.323 e. The van der Waals surface area contributed by atoms with Crippen LogP contribution in [0.25, 0.3) is 11.4 Å². The van der Waals surface area contributed by atoms with Gasteiger partial charge in [0, 0.05) is 29.0 Å². The Bertz CT molecular complexity index is 1370. The molecule has 0 spiro atoms. The zero-order valence-electron chi connectivity index (χ0n) is 22.7. The number of aromatic nitrogens is 3. The fourth-order valence-electron chi connectivity index (χ4n) is 5.49. The van der Waals surface area contributed by atoms with Crippen molar-refractivity contribution in [1.29, 1.82) is 0 Å². The number of nitrogens with zero attached hydrogens (tertiary/aromatic N) is 5. The molecular formula is C29H33N7O4. The molecule has 6 rings (SSSR count). The van der Waals surface area contributed by atoms with Crippen molar-refractivity contribution in [3.05, 3.63) is 54.1 Å². The number of anilines is 4. The summed E-state index contributed by atoms with van der Waals surface area (Å²) in [5.74, 6) is 1.90. The molecule has 11 heteroatoms. The topological polar surface area (TPSA) is 122 Å². The van der Waals surface area contributed by atoms with Crippen LogP contribution < -0.4 is 20.4 Å². The minimum Gasteiger partial charge on any atom is -0.377 e. The van der Waals surface area contributed by atoms with E-state index >= 15 is 0 Å². The van der Waals surface area contributed by atoms with Crippen molar-refractivity contribution in [1.82, 2.24) is 15.0 Å². The van der Waals surface area contributed by atoms with Crippen molar-refractivity contribution in [2.45, 2.75) is 44.8 Å². The molecule has 0 aliphatic carbocycles. The number of carbonyl (C=O) groups is 2. The molecule has 2 aromatic carbocycles. The maximum absolute atomic E-state index is 12.5. The second kappa shape index (κ2) is 11.2. The summed E-state index contributed by atoms with van der Waals surface area (Å²) in [4.78, 5) is 43.2. The van der Waals surface area contributed by atoms with Gasteiger partial charge in [-0.1, -0.05) is 0 Å². The normalized spacial score (nSPS) is 22.2. The Kier molecular flexibility index (Phi) is 7.31. The number of morpholine rings is 2. The Morgan fingerprint density at radius 1 is 0.825 bits per heavy atom. The molecule has 2 N–H and O–H groups in total. The molecule has 2 bridgehead atoms. The molecule has 3 fully saturated rings. The molecule has 4 heterocycles. The summed E-state index contributed by atoms with van der Waals surface area (Å²) in [5, 5.41) is 5.63. The predicted molar refractivity (Wildman–Crippen MR) is 152 cm³/mol. The monoisotopic (exact) mass is 543 g/mol. The van der Waals surface area contributed by atoms with Crippen molar-refractivity contribution in [3.8, 4) is 11.4 Å². The minimum atomic E-state index is -0.378. The average molecular weight is 544 g/mol. The Hall–Kier alpha value is -4.09. The maximum Gasteiger partial charge on any atom is 0.323 e. The van der Waals surface area contributed by atoms with Crippen molar-refractivity contribution in [2.75, 3.05) is 53.4 Å². The minimum absolute atomic E-state index is 0.0229. The first-order chi connectivity index (χ1) is 19.4.